The fourth-order valence-electron chi connectivity index (χ4n) is 3.84. The Bertz CT molecular complexity index is 1400. The van der Waals surface area contributed by atoms with Gasteiger partial charge in [-0.25, -0.2) is 32.8 Å². The van der Waals surface area contributed by atoms with Gasteiger partial charge in [-0.15, -0.1) is 11.3 Å². The lowest BCUT2D eigenvalue weighted by atomic mass is 10.0. The molecule has 5 rings (SSSR count). The third kappa shape index (κ3) is 5.21. The molecule has 0 aliphatic carbocycles. The van der Waals surface area contributed by atoms with Crippen LogP contribution in [-0.4, -0.2) is 32.7 Å². The summed E-state index contributed by atoms with van der Waals surface area (Å²) in [6, 6.07) is 8.71. The first-order chi connectivity index (χ1) is 17.4. The zero-order chi connectivity index (χ0) is 25.2. The summed E-state index contributed by atoms with van der Waals surface area (Å²) in [5.74, 6) is -2.22. The zero-order valence-electron chi connectivity index (χ0n) is 18.5. The molecule has 1 aliphatic heterocycles. The molecule has 0 spiro atoms. The molecule has 3 heterocycles. The molecular weight excluding hydrogens is 533 g/mol. The Balaban J connectivity index is 1.55. The number of ether oxygens (including phenoxy) is 1. The molecule has 2 aromatic carbocycles. The van der Waals surface area contributed by atoms with Crippen LogP contribution in [0.1, 0.15) is 23.8 Å². The van der Waals surface area contributed by atoms with Gasteiger partial charge in [-0.1, -0.05) is 6.07 Å². The molecule has 1 saturated heterocycles. The maximum Gasteiger partial charge on any atom is 0.222 e. The molecule has 186 valence electrons. The molecule has 1 aliphatic rings. The summed E-state index contributed by atoms with van der Waals surface area (Å²) in [5, 5.41) is 0.865. The molecule has 1 fully saturated rings. The first-order valence-electron chi connectivity index (χ1n) is 10.9. The minimum absolute atomic E-state index is 0.0443. The van der Waals surface area contributed by atoms with Crippen LogP contribution in [0.3, 0.4) is 0 Å². The van der Waals surface area contributed by atoms with Gasteiger partial charge in [0.15, 0.2) is 11.6 Å². The number of thiazole rings is 1. The molecule has 0 radical (unpaired) electrons. The molecule has 1 N–H and O–H groups in total. The van der Waals surface area contributed by atoms with Crippen LogP contribution in [0.5, 0.6) is 0 Å². The van der Waals surface area contributed by atoms with E-state index in [1.54, 1.807) is 18.2 Å². The largest absolute Gasteiger partial charge is 0.588 e. The highest BCUT2D eigenvalue weighted by Gasteiger charge is 2.27. The Hall–Kier alpha value is -2.70. The van der Waals surface area contributed by atoms with Crippen LogP contribution in [0.15, 0.2) is 53.6 Å². The summed E-state index contributed by atoms with van der Waals surface area (Å²) in [6.45, 7) is 1.23. The highest BCUT2D eigenvalue weighted by atomic mass is 35.5. The van der Waals surface area contributed by atoms with Crippen molar-refractivity contribution in [2.24, 2.45) is 0 Å². The van der Waals surface area contributed by atoms with Crippen molar-refractivity contribution in [1.29, 1.82) is 0 Å². The summed E-state index contributed by atoms with van der Waals surface area (Å²) < 4.78 is 64.0. The quantitative estimate of drug-likeness (QED) is 0.222. The monoisotopic (exact) mass is 550 g/mol. The predicted molar refractivity (Wildman–Crippen MR) is 133 cm³/mol. The van der Waals surface area contributed by atoms with Gasteiger partial charge in [-0.05, 0) is 54.8 Å². The minimum atomic E-state index is -2.25. The third-order valence-corrected chi connectivity index (χ3v) is 8.16. The first kappa shape index (κ1) is 25.0. The van der Waals surface area contributed by atoms with Crippen molar-refractivity contribution in [1.82, 2.24) is 15.0 Å². The average Bonchev–Trinajstić information content (AvgIpc) is 3.32. The summed E-state index contributed by atoms with van der Waals surface area (Å²) in [7, 11) is 0. The van der Waals surface area contributed by atoms with Crippen LogP contribution < -0.4 is 4.72 Å². The van der Waals surface area contributed by atoms with Crippen LogP contribution in [0.4, 0.5) is 18.9 Å². The van der Waals surface area contributed by atoms with E-state index < -0.39 is 33.7 Å². The fourth-order valence-corrected chi connectivity index (χ4v) is 6.14. The molecule has 1 unspecified atom stereocenters. The van der Waals surface area contributed by atoms with Gasteiger partial charge in [0.1, 0.15) is 22.9 Å². The second-order valence-corrected chi connectivity index (χ2v) is 10.5. The number of hydrogen-bond donors (Lipinski definition) is 1. The van der Waals surface area contributed by atoms with E-state index in [0.29, 0.717) is 29.5 Å². The topological polar surface area (TPSA) is 83.0 Å². The van der Waals surface area contributed by atoms with Gasteiger partial charge in [-0.3, -0.25) is 0 Å². The van der Waals surface area contributed by atoms with E-state index >= 15 is 4.39 Å². The number of nitrogens with one attached hydrogen (secondary N) is 1. The van der Waals surface area contributed by atoms with Crippen molar-refractivity contribution in [3.8, 4) is 21.8 Å². The molecule has 1 atom stereocenters. The summed E-state index contributed by atoms with van der Waals surface area (Å²) in [6.07, 6.45) is 3.09. The van der Waals surface area contributed by atoms with Gasteiger partial charge in [0, 0.05) is 37.0 Å². The first-order valence-corrected chi connectivity index (χ1v) is 13.2. The van der Waals surface area contributed by atoms with Crippen LogP contribution in [0.2, 0.25) is 5.28 Å². The highest BCUT2D eigenvalue weighted by molar-refractivity contribution is 7.92. The molecular formula is C24H18ClF3N4O2S2. The Kier molecular flexibility index (Phi) is 7.44. The maximum atomic E-state index is 15.8. The van der Waals surface area contributed by atoms with Gasteiger partial charge < -0.3 is 9.29 Å². The summed E-state index contributed by atoms with van der Waals surface area (Å²) in [4.78, 5) is 13.2. The summed E-state index contributed by atoms with van der Waals surface area (Å²) >= 11 is 5.16. The number of hydrogen-bond acceptors (Lipinski definition) is 7. The average molecular weight is 551 g/mol. The second-order valence-electron chi connectivity index (χ2n) is 7.94. The number of halogens is 4. The molecule has 0 saturated carbocycles. The Morgan fingerprint density at radius 3 is 2.67 bits per heavy atom. The van der Waals surface area contributed by atoms with Gasteiger partial charge in [0.25, 0.3) is 0 Å². The normalized spacial score (nSPS) is 15.1. The molecule has 36 heavy (non-hydrogen) atoms. The van der Waals surface area contributed by atoms with E-state index in [0.717, 1.165) is 36.0 Å². The van der Waals surface area contributed by atoms with Crippen molar-refractivity contribution in [2.75, 3.05) is 17.9 Å². The van der Waals surface area contributed by atoms with Gasteiger partial charge in [0.05, 0.1) is 21.3 Å². The van der Waals surface area contributed by atoms with Gasteiger partial charge in [-0.2, -0.15) is 0 Å². The van der Waals surface area contributed by atoms with E-state index in [1.807, 2.05) is 0 Å². The van der Waals surface area contributed by atoms with Crippen molar-refractivity contribution in [3.05, 3.63) is 76.4 Å². The van der Waals surface area contributed by atoms with Gasteiger partial charge in [0.2, 0.25) is 10.2 Å². The van der Waals surface area contributed by atoms with Crippen molar-refractivity contribution in [3.63, 3.8) is 0 Å². The lowest BCUT2D eigenvalue weighted by molar-refractivity contribution is 0.0853. The van der Waals surface area contributed by atoms with Gasteiger partial charge >= 0.3 is 0 Å². The SMILES string of the molecule is [O-][S+](Nc1cccc(-c2nc(C3CCOCC3)sc2-c2ccnc(Cl)n2)c1F)c1cc(F)ccc1F. The molecule has 2 aromatic heterocycles. The summed E-state index contributed by atoms with van der Waals surface area (Å²) in [5.41, 5.74) is 0.821. The Labute approximate surface area is 216 Å². The lowest BCUT2D eigenvalue weighted by Gasteiger charge is -2.19. The predicted octanol–water partition coefficient (Wildman–Crippen LogP) is 6.37. The number of nitrogens with zero attached hydrogens (tertiary/aromatic N) is 3. The van der Waals surface area contributed by atoms with E-state index in [9.17, 15) is 13.3 Å². The van der Waals surface area contributed by atoms with Crippen LogP contribution in [-0.2, 0) is 16.1 Å². The molecule has 0 amide bonds. The van der Waals surface area contributed by atoms with E-state index in [1.165, 1.54) is 23.6 Å². The fraction of sp³-hybridized carbons (Fsp3) is 0.208. The molecule has 12 heteroatoms. The number of rotatable bonds is 6. The maximum absolute atomic E-state index is 15.8. The highest BCUT2D eigenvalue weighted by Crippen LogP contribution is 2.42. The Morgan fingerprint density at radius 2 is 1.89 bits per heavy atom. The standard InChI is InChI=1S/C24H18ClF3N4O2S2/c25-24-29-9-6-18(30-24)22-21(31-23(35-22)13-7-10-34-11-8-13)15-2-1-3-17(20(15)28)32-36(33)19-12-14(26)4-5-16(19)27/h1-6,9,12-13,32H,7-8,10-11H2. The molecule has 6 nitrogen and oxygen atoms in total. The zero-order valence-corrected chi connectivity index (χ0v) is 20.9. The van der Waals surface area contributed by atoms with Crippen LogP contribution >= 0.6 is 22.9 Å². The van der Waals surface area contributed by atoms with E-state index in [2.05, 4.69) is 14.7 Å². The lowest BCUT2D eigenvalue weighted by Crippen LogP contribution is -2.16. The van der Waals surface area contributed by atoms with Crippen molar-refractivity contribution in [2.45, 2.75) is 23.7 Å². The third-order valence-electron chi connectivity index (χ3n) is 5.62. The minimum Gasteiger partial charge on any atom is -0.588 e. The van der Waals surface area contributed by atoms with Crippen LogP contribution in [0.25, 0.3) is 21.8 Å². The Morgan fingerprint density at radius 1 is 1.08 bits per heavy atom. The second kappa shape index (κ2) is 10.7. The number of aromatic nitrogens is 3. The van der Waals surface area contributed by atoms with E-state index in [4.69, 9.17) is 21.3 Å². The molecule has 0 bridgehead atoms. The number of anilines is 1. The molecule has 4 aromatic rings. The van der Waals surface area contributed by atoms with Crippen molar-refractivity contribution >= 4 is 40.0 Å². The van der Waals surface area contributed by atoms with Crippen LogP contribution in [0, 0.1) is 17.5 Å². The number of benzene rings is 2. The van der Waals surface area contributed by atoms with E-state index in [-0.39, 0.29) is 22.5 Å². The van der Waals surface area contributed by atoms with Crippen molar-refractivity contribution < 1.29 is 22.5 Å². The smallest absolute Gasteiger partial charge is 0.222 e.